The van der Waals surface area contributed by atoms with Gasteiger partial charge in [-0.15, -0.1) is 0 Å². The monoisotopic (exact) mass is 212 g/mol. The Balaban J connectivity index is 2.39. The van der Waals surface area contributed by atoms with Gasteiger partial charge in [-0.25, -0.2) is 9.97 Å². The maximum Gasteiger partial charge on any atom is 0.215 e. The number of aryl methyl sites for hydroxylation is 2. The second-order valence-corrected chi connectivity index (χ2v) is 3.82. The Morgan fingerprint density at radius 3 is 2.75 bits per heavy atom. The van der Waals surface area contributed by atoms with Gasteiger partial charge in [0, 0.05) is 19.4 Å². The molecule has 80 valence electrons. The third-order valence-corrected chi connectivity index (χ3v) is 2.72. The van der Waals surface area contributed by atoms with Gasteiger partial charge in [0.1, 0.15) is 5.82 Å². The average Bonchev–Trinajstić information content (AvgIpc) is 2.81. The molecule has 0 saturated heterocycles. The summed E-state index contributed by atoms with van der Waals surface area (Å²) in [5, 5.41) is 0. The summed E-state index contributed by atoms with van der Waals surface area (Å²) in [6, 6.07) is 8.09. The van der Waals surface area contributed by atoms with Crippen LogP contribution in [0.4, 0.5) is 0 Å². The van der Waals surface area contributed by atoms with Crippen LogP contribution in [0.2, 0.25) is 0 Å². The van der Waals surface area contributed by atoms with E-state index in [4.69, 9.17) is 0 Å². The van der Waals surface area contributed by atoms with E-state index in [1.807, 2.05) is 42.9 Å². The van der Waals surface area contributed by atoms with Crippen molar-refractivity contribution in [2.75, 3.05) is 0 Å². The Bertz CT molecular complexity index is 648. The van der Waals surface area contributed by atoms with Crippen molar-refractivity contribution >= 4 is 11.0 Å². The van der Waals surface area contributed by atoms with E-state index in [9.17, 15) is 0 Å². The van der Waals surface area contributed by atoms with Gasteiger partial charge in [-0.1, -0.05) is 12.1 Å². The van der Waals surface area contributed by atoms with Crippen LogP contribution >= 0.6 is 0 Å². The van der Waals surface area contributed by atoms with E-state index in [0.717, 1.165) is 22.8 Å². The lowest BCUT2D eigenvalue weighted by atomic mass is 10.3. The van der Waals surface area contributed by atoms with Crippen LogP contribution in [0, 0.1) is 6.92 Å². The zero-order valence-corrected chi connectivity index (χ0v) is 9.25. The molecule has 0 aliphatic rings. The van der Waals surface area contributed by atoms with Gasteiger partial charge in [-0.2, -0.15) is 0 Å². The minimum atomic E-state index is 0.895. The molecule has 0 N–H and O–H groups in total. The highest BCUT2D eigenvalue weighted by atomic mass is 15.2. The van der Waals surface area contributed by atoms with Crippen LogP contribution in [0.5, 0.6) is 0 Å². The summed E-state index contributed by atoms with van der Waals surface area (Å²) in [6.45, 7) is 1.99. The quantitative estimate of drug-likeness (QED) is 0.619. The highest BCUT2D eigenvalue weighted by Crippen LogP contribution is 2.19. The first-order valence-electron chi connectivity index (χ1n) is 5.19. The predicted molar refractivity (Wildman–Crippen MR) is 62.6 cm³/mol. The van der Waals surface area contributed by atoms with Crippen LogP contribution in [0.15, 0.2) is 36.7 Å². The molecular weight excluding hydrogens is 200 g/mol. The third-order valence-electron chi connectivity index (χ3n) is 2.72. The Morgan fingerprint density at radius 2 is 2.00 bits per heavy atom. The van der Waals surface area contributed by atoms with Gasteiger partial charge in [0.15, 0.2) is 0 Å². The minimum Gasteiger partial charge on any atom is -0.320 e. The van der Waals surface area contributed by atoms with Crippen molar-refractivity contribution in [3.8, 4) is 5.95 Å². The molecule has 2 heterocycles. The smallest absolute Gasteiger partial charge is 0.215 e. The van der Waals surface area contributed by atoms with Crippen LogP contribution in [-0.2, 0) is 7.05 Å². The van der Waals surface area contributed by atoms with Crippen molar-refractivity contribution in [1.82, 2.24) is 19.1 Å². The van der Waals surface area contributed by atoms with Crippen molar-refractivity contribution in [2.45, 2.75) is 6.92 Å². The normalized spacial score (nSPS) is 11.1. The molecule has 0 bridgehead atoms. The number of benzene rings is 1. The van der Waals surface area contributed by atoms with Gasteiger partial charge < -0.3 is 4.57 Å². The molecule has 4 nitrogen and oxygen atoms in total. The molecule has 0 spiro atoms. The van der Waals surface area contributed by atoms with E-state index >= 15 is 0 Å². The third kappa shape index (κ3) is 1.16. The number of fused-ring (bicyclic) bond motifs is 1. The lowest BCUT2D eigenvalue weighted by Gasteiger charge is -2.05. The Hall–Kier alpha value is -2.10. The van der Waals surface area contributed by atoms with Crippen LogP contribution in [-0.4, -0.2) is 19.1 Å². The van der Waals surface area contributed by atoms with Crippen molar-refractivity contribution in [2.24, 2.45) is 7.05 Å². The predicted octanol–water partition coefficient (Wildman–Crippen LogP) is 2.07. The molecule has 0 unspecified atom stereocenters. The van der Waals surface area contributed by atoms with E-state index in [1.54, 1.807) is 6.20 Å². The fourth-order valence-corrected chi connectivity index (χ4v) is 1.97. The lowest BCUT2D eigenvalue weighted by Crippen LogP contribution is -2.04. The van der Waals surface area contributed by atoms with E-state index in [-0.39, 0.29) is 0 Å². The van der Waals surface area contributed by atoms with Crippen LogP contribution in [0.25, 0.3) is 17.0 Å². The summed E-state index contributed by atoms with van der Waals surface area (Å²) in [5.74, 6) is 1.85. The zero-order valence-electron chi connectivity index (χ0n) is 9.25. The first-order chi connectivity index (χ1) is 7.77. The number of rotatable bonds is 1. The molecule has 4 heteroatoms. The van der Waals surface area contributed by atoms with Crippen LogP contribution in [0.1, 0.15) is 5.82 Å². The summed E-state index contributed by atoms with van der Waals surface area (Å²) < 4.78 is 4.05. The number of nitrogens with zero attached hydrogens (tertiary/aromatic N) is 4. The van der Waals surface area contributed by atoms with Gasteiger partial charge in [-0.05, 0) is 19.1 Å². The molecule has 0 aliphatic carbocycles. The highest BCUT2D eigenvalue weighted by Gasteiger charge is 2.11. The van der Waals surface area contributed by atoms with E-state index in [1.165, 1.54) is 0 Å². The largest absolute Gasteiger partial charge is 0.320 e. The van der Waals surface area contributed by atoms with Gasteiger partial charge in [0.2, 0.25) is 5.95 Å². The summed E-state index contributed by atoms with van der Waals surface area (Å²) >= 11 is 0. The van der Waals surface area contributed by atoms with Crippen LogP contribution in [0.3, 0.4) is 0 Å². The van der Waals surface area contributed by atoms with Gasteiger partial charge in [0.25, 0.3) is 0 Å². The fourth-order valence-electron chi connectivity index (χ4n) is 1.97. The first-order valence-corrected chi connectivity index (χ1v) is 5.19. The van der Waals surface area contributed by atoms with Crippen molar-refractivity contribution in [1.29, 1.82) is 0 Å². The summed E-state index contributed by atoms with van der Waals surface area (Å²) in [6.07, 6.45) is 3.73. The van der Waals surface area contributed by atoms with E-state index < -0.39 is 0 Å². The fraction of sp³-hybridized carbons (Fsp3) is 0.167. The van der Waals surface area contributed by atoms with Crippen molar-refractivity contribution in [3.05, 3.63) is 42.5 Å². The molecule has 0 radical (unpaired) electrons. The maximum absolute atomic E-state index is 4.52. The molecule has 2 aromatic heterocycles. The molecule has 0 aliphatic heterocycles. The number of imidazole rings is 2. The maximum atomic E-state index is 4.52. The Kier molecular flexibility index (Phi) is 1.83. The number of hydrogen-bond donors (Lipinski definition) is 0. The topological polar surface area (TPSA) is 35.6 Å². The number of aromatic nitrogens is 4. The zero-order chi connectivity index (χ0) is 11.1. The molecular formula is C12H12N4. The van der Waals surface area contributed by atoms with E-state index in [0.29, 0.717) is 0 Å². The molecule has 1 aromatic carbocycles. The van der Waals surface area contributed by atoms with Gasteiger partial charge in [0.05, 0.1) is 11.0 Å². The molecule has 3 aromatic rings. The van der Waals surface area contributed by atoms with Crippen molar-refractivity contribution < 1.29 is 0 Å². The molecule has 0 fully saturated rings. The van der Waals surface area contributed by atoms with Crippen LogP contribution < -0.4 is 0 Å². The number of para-hydroxylation sites is 2. The first kappa shape index (κ1) is 9.15. The summed E-state index contributed by atoms with van der Waals surface area (Å²) in [4.78, 5) is 8.87. The Labute approximate surface area is 93.2 Å². The molecule has 16 heavy (non-hydrogen) atoms. The molecule has 0 atom stereocenters. The molecule has 3 rings (SSSR count). The van der Waals surface area contributed by atoms with Gasteiger partial charge >= 0.3 is 0 Å². The summed E-state index contributed by atoms with van der Waals surface area (Å²) in [7, 11) is 1.98. The van der Waals surface area contributed by atoms with Gasteiger partial charge in [-0.3, -0.25) is 4.57 Å². The van der Waals surface area contributed by atoms with Crippen molar-refractivity contribution in [3.63, 3.8) is 0 Å². The average molecular weight is 212 g/mol. The second-order valence-electron chi connectivity index (χ2n) is 3.82. The second kappa shape index (κ2) is 3.20. The SMILES string of the molecule is Cc1nc2ccccc2n1-c1nccn1C. The highest BCUT2D eigenvalue weighted by molar-refractivity contribution is 5.77. The summed E-state index contributed by atoms with van der Waals surface area (Å²) in [5.41, 5.74) is 2.09. The lowest BCUT2D eigenvalue weighted by molar-refractivity contribution is 0.811. The molecule has 0 amide bonds. The number of hydrogen-bond acceptors (Lipinski definition) is 2. The standard InChI is InChI=1S/C12H12N4/c1-9-14-10-5-3-4-6-11(10)16(9)12-13-7-8-15(12)2/h3-8H,1-2H3. The minimum absolute atomic E-state index is 0.895. The molecule has 0 saturated carbocycles. The Morgan fingerprint density at radius 1 is 1.19 bits per heavy atom. The van der Waals surface area contributed by atoms with E-state index in [2.05, 4.69) is 20.6 Å².